The van der Waals surface area contributed by atoms with Gasteiger partial charge in [-0.3, -0.25) is 4.79 Å². The number of carbonyl (C=O) groups is 1. The Balaban J connectivity index is 2.39. The van der Waals surface area contributed by atoms with Gasteiger partial charge < -0.3 is 16.2 Å². The number of aliphatic hydroxyl groups is 1. The fraction of sp³-hybridized carbons (Fsp3) is 0.900. The van der Waals surface area contributed by atoms with Crippen LogP contribution in [0.2, 0.25) is 0 Å². The molecule has 4 heteroatoms. The van der Waals surface area contributed by atoms with Gasteiger partial charge in [-0.25, -0.2) is 0 Å². The van der Waals surface area contributed by atoms with Gasteiger partial charge >= 0.3 is 0 Å². The van der Waals surface area contributed by atoms with Crippen LogP contribution in [0.1, 0.15) is 32.1 Å². The van der Waals surface area contributed by atoms with Gasteiger partial charge in [0.05, 0.1) is 13.2 Å². The number of hydrogen-bond donors (Lipinski definition) is 3. The summed E-state index contributed by atoms with van der Waals surface area (Å²) in [4.78, 5) is 11.0. The van der Waals surface area contributed by atoms with Crippen molar-refractivity contribution in [2.45, 2.75) is 32.1 Å². The molecule has 1 amide bonds. The summed E-state index contributed by atoms with van der Waals surface area (Å²) in [5.41, 5.74) is 5.12. The number of nitrogens with two attached hydrogens (primary N) is 1. The molecule has 0 bridgehead atoms. The molecule has 0 unspecified atom stereocenters. The molecular formula is C10H20N2O2. The van der Waals surface area contributed by atoms with Gasteiger partial charge in [0.1, 0.15) is 0 Å². The van der Waals surface area contributed by atoms with Crippen molar-refractivity contribution in [2.75, 3.05) is 19.7 Å². The molecule has 0 heterocycles. The Labute approximate surface area is 84.9 Å². The SMILES string of the molecule is NCC(=O)NCC1(CO)CCCCC1. The third kappa shape index (κ3) is 2.96. The summed E-state index contributed by atoms with van der Waals surface area (Å²) in [7, 11) is 0. The molecule has 1 aliphatic carbocycles. The molecule has 0 spiro atoms. The van der Waals surface area contributed by atoms with Crippen LogP contribution in [-0.2, 0) is 4.79 Å². The molecule has 0 aromatic rings. The van der Waals surface area contributed by atoms with Gasteiger partial charge in [0, 0.05) is 12.0 Å². The van der Waals surface area contributed by atoms with E-state index >= 15 is 0 Å². The van der Waals surface area contributed by atoms with Crippen molar-refractivity contribution >= 4 is 5.91 Å². The van der Waals surface area contributed by atoms with Crippen molar-refractivity contribution in [3.05, 3.63) is 0 Å². The van der Waals surface area contributed by atoms with Gasteiger partial charge in [0.2, 0.25) is 5.91 Å². The van der Waals surface area contributed by atoms with Crippen LogP contribution in [0.4, 0.5) is 0 Å². The predicted molar refractivity (Wildman–Crippen MR) is 54.7 cm³/mol. The summed E-state index contributed by atoms with van der Waals surface area (Å²) in [5.74, 6) is -0.136. The molecule has 4 nitrogen and oxygen atoms in total. The van der Waals surface area contributed by atoms with Crippen LogP contribution in [0.5, 0.6) is 0 Å². The highest BCUT2D eigenvalue weighted by atomic mass is 16.3. The molecule has 82 valence electrons. The molecular weight excluding hydrogens is 180 g/mol. The second-order valence-electron chi connectivity index (χ2n) is 4.20. The predicted octanol–water partition coefficient (Wildman–Crippen LogP) is 0.00410. The summed E-state index contributed by atoms with van der Waals surface area (Å²) >= 11 is 0. The number of amides is 1. The van der Waals surface area contributed by atoms with Crippen molar-refractivity contribution in [3.8, 4) is 0 Å². The smallest absolute Gasteiger partial charge is 0.233 e. The van der Waals surface area contributed by atoms with Gasteiger partial charge in [-0.05, 0) is 12.8 Å². The first-order valence-electron chi connectivity index (χ1n) is 5.30. The van der Waals surface area contributed by atoms with Crippen molar-refractivity contribution in [1.82, 2.24) is 5.32 Å². The van der Waals surface area contributed by atoms with Gasteiger partial charge in [-0.2, -0.15) is 0 Å². The maximum Gasteiger partial charge on any atom is 0.233 e. The van der Waals surface area contributed by atoms with E-state index in [9.17, 15) is 9.90 Å². The molecule has 1 aliphatic rings. The van der Waals surface area contributed by atoms with E-state index in [0.717, 1.165) is 25.7 Å². The normalized spacial score (nSPS) is 20.4. The molecule has 1 fully saturated rings. The standard InChI is InChI=1S/C10H20N2O2/c11-6-9(14)12-7-10(8-13)4-2-1-3-5-10/h13H,1-8,11H2,(H,12,14). The van der Waals surface area contributed by atoms with E-state index in [0.29, 0.717) is 6.54 Å². The zero-order valence-electron chi connectivity index (χ0n) is 8.59. The van der Waals surface area contributed by atoms with Gasteiger partial charge in [0.25, 0.3) is 0 Å². The molecule has 0 aromatic carbocycles. The molecule has 0 saturated heterocycles. The topological polar surface area (TPSA) is 75.4 Å². The maximum atomic E-state index is 11.0. The number of nitrogens with one attached hydrogen (secondary N) is 1. The van der Waals surface area contributed by atoms with E-state index in [2.05, 4.69) is 5.32 Å². The van der Waals surface area contributed by atoms with E-state index in [1.807, 2.05) is 0 Å². The number of hydrogen-bond acceptors (Lipinski definition) is 3. The van der Waals surface area contributed by atoms with Crippen molar-refractivity contribution in [2.24, 2.45) is 11.1 Å². The highest BCUT2D eigenvalue weighted by molar-refractivity contribution is 5.77. The number of aliphatic hydroxyl groups excluding tert-OH is 1. The Kier molecular flexibility index (Phi) is 4.35. The van der Waals surface area contributed by atoms with E-state index < -0.39 is 0 Å². The summed E-state index contributed by atoms with van der Waals surface area (Å²) in [5, 5.41) is 12.1. The van der Waals surface area contributed by atoms with E-state index in [1.54, 1.807) is 0 Å². The Morgan fingerprint density at radius 1 is 1.36 bits per heavy atom. The van der Waals surface area contributed by atoms with Crippen LogP contribution in [0.3, 0.4) is 0 Å². The fourth-order valence-corrected chi connectivity index (χ4v) is 2.05. The Morgan fingerprint density at radius 3 is 2.50 bits per heavy atom. The molecule has 0 aliphatic heterocycles. The average Bonchev–Trinajstić information content (AvgIpc) is 2.27. The van der Waals surface area contributed by atoms with Gasteiger partial charge in [-0.15, -0.1) is 0 Å². The Hall–Kier alpha value is -0.610. The van der Waals surface area contributed by atoms with Gasteiger partial charge in [-0.1, -0.05) is 19.3 Å². The fourth-order valence-electron chi connectivity index (χ4n) is 2.05. The lowest BCUT2D eigenvalue weighted by Crippen LogP contribution is -2.43. The van der Waals surface area contributed by atoms with E-state index in [-0.39, 0.29) is 24.5 Å². The summed E-state index contributed by atoms with van der Waals surface area (Å²) in [6.07, 6.45) is 5.56. The van der Waals surface area contributed by atoms with Crippen molar-refractivity contribution in [3.63, 3.8) is 0 Å². The first-order valence-corrected chi connectivity index (χ1v) is 5.30. The highest BCUT2D eigenvalue weighted by Crippen LogP contribution is 2.35. The largest absolute Gasteiger partial charge is 0.396 e. The van der Waals surface area contributed by atoms with E-state index in [4.69, 9.17) is 5.73 Å². The molecule has 1 rings (SSSR count). The quantitative estimate of drug-likeness (QED) is 0.598. The minimum absolute atomic E-state index is 0.0293. The van der Waals surface area contributed by atoms with Crippen LogP contribution in [0, 0.1) is 5.41 Å². The number of carbonyl (C=O) groups excluding carboxylic acids is 1. The van der Waals surface area contributed by atoms with Crippen LogP contribution < -0.4 is 11.1 Å². The van der Waals surface area contributed by atoms with Gasteiger partial charge in [0.15, 0.2) is 0 Å². The Morgan fingerprint density at radius 2 is 2.00 bits per heavy atom. The summed E-state index contributed by atoms with van der Waals surface area (Å²) in [6, 6.07) is 0. The van der Waals surface area contributed by atoms with E-state index in [1.165, 1.54) is 6.42 Å². The third-order valence-corrected chi connectivity index (χ3v) is 3.10. The minimum atomic E-state index is -0.136. The molecule has 0 atom stereocenters. The van der Waals surface area contributed by atoms with Crippen molar-refractivity contribution in [1.29, 1.82) is 0 Å². The lowest BCUT2D eigenvalue weighted by atomic mass is 9.74. The third-order valence-electron chi connectivity index (χ3n) is 3.10. The monoisotopic (exact) mass is 200 g/mol. The highest BCUT2D eigenvalue weighted by Gasteiger charge is 2.31. The van der Waals surface area contributed by atoms with Crippen LogP contribution in [-0.4, -0.2) is 30.7 Å². The average molecular weight is 200 g/mol. The zero-order chi connectivity index (χ0) is 10.4. The zero-order valence-corrected chi connectivity index (χ0v) is 8.59. The molecule has 0 aromatic heterocycles. The lowest BCUT2D eigenvalue weighted by molar-refractivity contribution is -0.120. The maximum absolute atomic E-state index is 11.0. The molecule has 4 N–H and O–H groups in total. The lowest BCUT2D eigenvalue weighted by Gasteiger charge is -2.35. The molecule has 0 radical (unpaired) electrons. The second kappa shape index (κ2) is 5.32. The van der Waals surface area contributed by atoms with Crippen LogP contribution in [0.15, 0.2) is 0 Å². The number of rotatable bonds is 4. The van der Waals surface area contributed by atoms with Crippen molar-refractivity contribution < 1.29 is 9.90 Å². The first kappa shape index (κ1) is 11.5. The van der Waals surface area contributed by atoms with Crippen LogP contribution in [0.25, 0.3) is 0 Å². The minimum Gasteiger partial charge on any atom is -0.396 e. The summed E-state index contributed by atoms with van der Waals surface area (Å²) in [6.45, 7) is 0.763. The van der Waals surface area contributed by atoms with Crippen LogP contribution >= 0.6 is 0 Å². The Bertz CT molecular complexity index is 189. The summed E-state index contributed by atoms with van der Waals surface area (Å²) < 4.78 is 0. The molecule has 14 heavy (non-hydrogen) atoms. The molecule has 1 saturated carbocycles. The second-order valence-corrected chi connectivity index (χ2v) is 4.20. The first-order chi connectivity index (χ1) is 6.72.